The van der Waals surface area contributed by atoms with Crippen molar-refractivity contribution in [2.75, 3.05) is 6.54 Å². The van der Waals surface area contributed by atoms with Crippen molar-refractivity contribution < 1.29 is 0 Å². The Morgan fingerprint density at radius 2 is 2.06 bits per heavy atom. The zero-order valence-electron chi connectivity index (χ0n) is 11.3. The van der Waals surface area contributed by atoms with Gasteiger partial charge >= 0.3 is 0 Å². The van der Waals surface area contributed by atoms with Gasteiger partial charge in [-0.05, 0) is 68.7 Å². The fraction of sp³-hybridized carbons (Fsp3) is 0.625. The monoisotopic (exact) mass is 231 g/mol. The van der Waals surface area contributed by atoms with Gasteiger partial charge in [0.1, 0.15) is 0 Å². The van der Waals surface area contributed by atoms with E-state index in [4.69, 9.17) is 0 Å². The lowest BCUT2D eigenvalue weighted by Crippen LogP contribution is -2.27. The first-order valence-electron chi connectivity index (χ1n) is 7.13. The molecule has 1 aliphatic rings. The Kier molecular flexibility index (Phi) is 4.61. The highest BCUT2D eigenvalue weighted by molar-refractivity contribution is 5.35. The lowest BCUT2D eigenvalue weighted by atomic mass is 10.0. The highest BCUT2D eigenvalue weighted by Crippen LogP contribution is 2.23. The summed E-state index contributed by atoms with van der Waals surface area (Å²) in [6.07, 6.45) is 7.64. The fourth-order valence-electron chi connectivity index (χ4n) is 2.66. The molecule has 1 N–H and O–H groups in total. The molecule has 0 amide bonds. The molecule has 0 bridgehead atoms. The van der Waals surface area contributed by atoms with E-state index in [-0.39, 0.29) is 0 Å². The van der Waals surface area contributed by atoms with Gasteiger partial charge in [0.2, 0.25) is 0 Å². The Morgan fingerprint density at radius 3 is 2.88 bits per heavy atom. The summed E-state index contributed by atoms with van der Waals surface area (Å²) in [4.78, 5) is 0. The van der Waals surface area contributed by atoms with E-state index in [1.165, 1.54) is 44.1 Å². The van der Waals surface area contributed by atoms with Crippen molar-refractivity contribution in [2.24, 2.45) is 0 Å². The topological polar surface area (TPSA) is 12.0 Å². The summed E-state index contributed by atoms with van der Waals surface area (Å²) in [6, 6.07) is 7.76. The van der Waals surface area contributed by atoms with Gasteiger partial charge in [-0.1, -0.05) is 25.1 Å². The Labute approximate surface area is 106 Å². The van der Waals surface area contributed by atoms with Crippen LogP contribution in [-0.4, -0.2) is 12.6 Å². The molecule has 1 nitrogen and oxygen atoms in total. The normalized spacial score (nSPS) is 15.9. The molecule has 0 fully saturated rings. The third-order valence-corrected chi connectivity index (χ3v) is 3.77. The van der Waals surface area contributed by atoms with E-state index in [2.05, 4.69) is 37.4 Å². The second kappa shape index (κ2) is 6.20. The molecule has 0 spiro atoms. The Bertz CT molecular complexity index is 357. The van der Waals surface area contributed by atoms with Gasteiger partial charge in [-0.25, -0.2) is 0 Å². The van der Waals surface area contributed by atoms with E-state index in [0.29, 0.717) is 6.04 Å². The molecule has 94 valence electrons. The van der Waals surface area contributed by atoms with Crippen molar-refractivity contribution >= 4 is 0 Å². The smallest absolute Gasteiger partial charge is 0.00418 e. The number of hydrogen-bond acceptors (Lipinski definition) is 1. The van der Waals surface area contributed by atoms with Crippen molar-refractivity contribution in [3.05, 3.63) is 34.9 Å². The van der Waals surface area contributed by atoms with E-state index in [9.17, 15) is 0 Å². The van der Waals surface area contributed by atoms with Crippen LogP contribution < -0.4 is 5.32 Å². The van der Waals surface area contributed by atoms with Gasteiger partial charge in [-0.3, -0.25) is 0 Å². The predicted molar refractivity (Wildman–Crippen MR) is 74.5 cm³/mol. The quantitative estimate of drug-likeness (QED) is 0.790. The summed E-state index contributed by atoms with van der Waals surface area (Å²) in [6.45, 7) is 5.66. The molecule has 0 saturated heterocycles. The summed E-state index contributed by atoms with van der Waals surface area (Å²) in [5.41, 5.74) is 4.72. The van der Waals surface area contributed by atoms with Crippen LogP contribution in [0.4, 0.5) is 0 Å². The van der Waals surface area contributed by atoms with Crippen molar-refractivity contribution in [3.63, 3.8) is 0 Å². The Balaban J connectivity index is 1.83. The molecule has 0 saturated carbocycles. The molecule has 1 heteroatoms. The van der Waals surface area contributed by atoms with Crippen LogP contribution in [0.1, 0.15) is 49.8 Å². The highest BCUT2D eigenvalue weighted by atomic mass is 14.9. The molecule has 0 heterocycles. The number of nitrogens with one attached hydrogen (secondary N) is 1. The minimum absolute atomic E-state index is 0.642. The molecule has 1 atom stereocenters. The van der Waals surface area contributed by atoms with Crippen LogP contribution >= 0.6 is 0 Å². The van der Waals surface area contributed by atoms with Gasteiger partial charge in [0.15, 0.2) is 0 Å². The molecule has 0 aromatic heterocycles. The minimum Gasteiger partial charge on any atom is -0.314 e. The minimum atomic E-state index is 0.642. The summed E-state index contributed by atoms with van der Waals surface area (Å²) in [5.74, 6) is 0. The average Bonchev–Trinajstić information content (AvgIpc) is 2.81. The second-order valence-corrected chi connectivity index (χ2v) is 5.35. The van der Waals surface area contributed by atoms with Gasteiger partial charge in [-0.15, -0.1) is 0 Å². The van der Waals surface area contributed by atoms with Crippen LogP contribution in [0.5, 0.6) is 0 Å². The standard InChI is InChI=1S/C16H25N/c1-3-11-17-13(2)7-8-14-9-10-15-5-4-6-16(15)12-14/h9-10,12-13,17H,3-8,11H2,1-2H3. The first kappa shape index (κ1) is 12.6. The molecule has 2 rings (SSSR count). The summed E-state index contributed by atoms with van der Waals surface area (Å²) in [5, 5.41) is 3.55. The van der Waals surface area contributed by atoms with E-state index in [1.807, 2.05) is 0 Å². The molecule has 0 aliphatic heterocycles. The van der Waals surface area contributed by atoms with Gasteiger partial charge in [0.05, 0.1) is 0 Å². The number of hydrogen-bond donors (Lipinski definition) is 1. The van der Waals surface area contributed by atoms with Gasteiger partial charge in [-0.2, -0.15) is 0 Å². The van der Waals surface area contributed by atoms with Crippen molar-refractivity contribution in [2.45, 2.75) is 58.4 Å². The van der Waals surface area contributed by atoms with Crippen molar-refractivity contribution in [1.82, 2.24) is 5.32 Å². The van der Waals surface area contributed by atoms with Crippen LogP contribution in [0.2, 0.25) is 0 Å². The van der Waals surface area contributed by atoms with Crippen molar-refractivity contribution in [3.8, 4) is 0 Å². The first-order valence-corrected chi connectivity index (χ1v) is 7.13. The maximum Gasteiger partial charge on any atom is 0.00418 e. The van der Waals surface area contributed by atoms with Gasteiger partial charge < -0.3 is 5.32 Å². The van der Waals surface area contributed by atoms with E-state index < -0.39 is 0 Å². The molecule has 1 aromatic rings. The molecule has 1 aromatic carbocycles. The Morgan fingerprint density at radius 1 is 1.24 bits per heavy atom. The SMILES string of the molecule is CCCNC(C)CCc1ccc2c(c1)CCC2. The number of benzene rings is 1. The maximum absolute atomic E-state index is 3.55. The lowest BCUT2D eigenvalue weighted by molar-refractivity contribution is 0.514. The van der Waals surface area contributed by atoms with Gasteiger partial charge in [0.25, 0.3) is 0 Å². The highest BCUT2D eigenvalue weighted by Gasteiger charge is 2.10. The summed E-state index contributed by atoms with van der Waals surface area (Å²) in [7, 11) is 0. The van der Waals surface area contributed by atoms with Crippen molar-refractivity contribution in [1.29, 1.82) is 0 Å². The third-order valence-electron chi connectivity index (χ3n) is 3.77. The molecular formula is C16H25N. The van der Waals surface area contributed by atoms with E-state index in [0.717, 1.165) is 6.54 Å². The van der Waals surface area contributed by atoms with Gasteiger partial charge in [0, 0.05) is 6.04 Å². The van der Waals surface area contributed by atoms with Crippen LogP contribution in [0.3, 0.4) is 0 Å². The Hall–Kier alpha value is -0.820. The number of fused-ring (bicyclic) bond motifs is 1. The third kappa shape index (κ3) is 3.57. The maximum atomic E-state index is 3.55. The lowest BCUT2D eigenvalue weighted by Gasteiger charge is -2.13. The van der Waals surface area contributed by atoms with Crippen LogP contribution in [0, 0.1) is 0 Å². The zero-order valence-corrected chi connectivity index (χ0v) is 11.3. The van der Waals surface area contributed by atoms with E-state index in [1.54, 1.807) is 11.1 Å². The fourth-order valence-corrected chi connectivity index (χ4v) is 2.66. The summed E-state index contributed by atoms with van der Waals surface area (Å²) >= 11 is 0. The predicted octanol–water partition coefficient (Wildman–Crippen LogP) is 3.50. The van der Waals surface area contributed by atoms with Crippen LogP contribution in [0.15, 0.2) is 18.2 Å². The zero-order chi connectivity index (χ0) is 12.1. The molecule has 0 radical (unpaired) electrons. The molecular weight excluding hydrogens is 206 g/mol. The summed E-state index contributed by atoms with van der Waals surface area (Å²) < 4.78 is 0. The van der Waals surface area contributed by atoms with Crippen LogP contribution in [-0.2, 0) is 19.3 Å². The molecule has 1 aliphatic carbocycles. The molecule has 17 heavy (non-hydrogen) atoms. The number of rotatable bonds is 6. The first-order chi connectivity index (χ1) is 8.29. The molecule has 1 unspecified atom stereocenters. The second-order valence-electron chi connectivity index (χ2n) is 5.35. The number of aryl methyl sites for hydroxylation is 3. The largest absolute Gasteiger partial charge is 0.314 e. The van der Waals surface area contributed by atoms with E-state index >= 15 is 0 Å². The average molecular weight is 231 g/mol. The van der Waals surface area contributed by atoms with Crippen LogP contribution in [0.25, 0.3) is 0 Å².